The van der Waals surface area contributed by atoms with Crippen LogP contribution in [0.3, 0.4) is 0 Å². The number of ether oxygens (including phenoxy) is 2. The van der Waals surface area contributed by atoms with Crippen molar-refractivity contribution < 1.29 is 29.3 Å². The van der Waals surface area contributed by atoms with Gasteiger partial charge in [0.15, 0.2) is 0 Å². The quantitative estimate of drug-likeness (QED) is 0.0749. The summed E-state index contributed by atoms with van der Waals surface area (Å²) < 4.78 is 11.7. The third kappa shape index (κ3) is 19.5. The van der Waals surface area contributed by atoms with Crippen molar-refractivity contribution in [1.29, 1.82) is 0 Å². The summed E-state index contributed by atoms with van der Waals surface area (Å²) >= 11 is 0. The van der Waals surface area contributed by atoms with E-state index in [1.165, 1.54) is 98.1 Å². The summed E-state index contributed by atoms with van der Waals surface area (Å²) in [7, 11) is 2.81. The van der Waals surface area contributed by atoms with E-state index in [2.05, 4.69) is 63.4 Å². The lowest BCUT2D eigenvalue weighted by atomic mass is 9.90. The molecule has 6 nitrogen and oxygen atoms in total. The molecule has 0 bridgehead atoms. The summed E-state index contributed by atoms with van der Waals surface area (Å²) in [6, 6.07) is 14.1. The second-order valence-corrected chi connectivity index (χ2v) is 12.1. The Balaban J connectivity index is 0.00000170. The third-order valence-electron chi connectivity index (χ3n) is 8.14. The first-order chi connectivity index (χ1) is 21.9. The van der Waals surface area contributed by atoms with Crippen LogP contribution in [-0.2, 0) is 31.9 Å². The predicted molar refractivity (Wildman–Crippen MR) is 189 cm³/mol. The topological polar surface area (TPSA) is 93.1 Å². The fourth-order valence-corrected chi connectivity index (χ4v) is 5.74. The maximum absolute atomic E-state index is 9.48. The van der Waals surface area contributed by atoms with Crippen molar-refractivity contribution >= 4 is 23.8 Å². The summed E-state index contributed by atoms with van der Waals surface area (Å²) in [6.45, 7) is 15.2. The molecule has 1 aliphatic rings. The zero-order valence-electron chi connectivity index (χ0n) is 28.7. The zero-order valence-corrected chi connectivity index (χ0v) is 28.7. The molecule has 6 heteroatoms. The molecule has 1 heterocycles. The first-order valence-corrected chi connectivity index (χ1v) is 16.6. The number of hydrogen-bond acceptors (Lipinski definition) is 6. The number of aliphatic hydroxyl groups excluding tert-OH is 2. The van der Waals surface area contributed by atoms with Crippen molar-refractivity contribution in [2.24, 2.45) is 11.8 Å². The molecule has 0 amide bonds. The van der Waals surface area contributed by atoms with Crippen LogP contribution in [0.5, 0.6) is 0 Å². The Labute approximate surface area is 273 Å². The number of aliphatic hydroxyl groups is 2. The molecule has 1 saturated heterocycles. The monoisotopic (exact) mass is 626 g/mol. The lowest BCUT2D eigenvalue weighted by Crippen LogP contribution is -2.26. The smallest absolute Gasteiger partial charge is 0.147 e. The van der Waals surface area contributed by atoms with Gasteiger partial charge in [-0.15, -0.1) is 6.58 Å². The van der Waals surface area contributed by atoms with E-state index in [1.54, 1.807) is 0 Å². The summed E-state index contributed by atoms with van der Waals surface area (Å²) in [5.41, 5.74) is 4.44. The Hall–Kier alpha value is -2.64. The summed E-state index contributed by atoms with van der Waals surface area (Å²) in [4.78, 5) is 17.5. The minimum Gasteiger partial charge on any atom is -0.400 e. The number of aldehydes is 1. The van der Waals surface area contributed by atoms with E-state index in [9.17, 15) is 4.79 Å². The van der Waals surface area contributed by atoms with Crippen molar-refractivity contribution in [3.63, 3.8) is 0 Å². The van der Waals surface area contributed by atoms with Gasteiger partial charge in [-0.1, -0.05) is 81.2 Å². The van der Waals surface area contributed by atoms with Crippen molar-refractivity contribution in [1.82, 2.24) is 0 Å². The van der Waals surface area contributed by atoms with Crippen molar-refractivity contribution in [2.75, 3.05) is 34.0 Å². The highest BCUT2D eigenvalue weighted by Gasteiger charge is 2.21. The third-order valence-corrected chi connectivity index (χ3v) is 8.14. The number of aryl methyl sites for hydroxylation is 2. The predicted octanol–water partition coefficient (Wildman–Crippen LogP) is 8.25. The normalized spacial score (nSPS) is 16.1. The molecule has 0 aromatic heterocycles. The maximum atomic E-state index is 9.48. The Morgan fingerprint density at radius 1 is 0.978 bits per heavy atom. The Kier molecular flexibility index (Phi) is 26.0. The number of carbonyl (C=O) groups is 2. The first kappa shape index (κ1) is 42.4. The standard InChI is InChI=1S/C33H50O2.C4H6O2.CH4O.CH2O/c1-5-6-7-10-27-15-18-32-23-28(16-19-31(32)22-27)13-14-29-17-20-33(35-25-29)12-9-8-11-30(24-34-4)21-26(2)3;1-4(2-5)3-6;2*1-2/h15-16,18-19,22-23,29-30,33H,2,5-14,17,20-21,24-25H2,1,3-4H3;2,6H,1,3H2;2H,1H3;1H2. The van der Waals surface area contributed by atoms with Crippen LogP contribution in [0.2, 0.25) is 0 Å². The van der Waals surface area contributed by atoms with Gasteiger partial charge in [0.05, 0.1) is 12.7 Å². The van der Waals surface area contributed by atoms with Crippen LogP contribution in [0.25, 0.3) is 10.8 Å². The minimum absolute atomic E-state index is 0.218. The molecule has 3 atom stereocenters. The maximum Gasteiger partial charge on any atom is 0.147 e. The summed E-state index contributed by atoms with van der Waals surface area (Å²) in [6.07, 6.45) is 17.2. The highest BCUT2D eigenvalue weighted by Crippen LogP contribution is 2.28. The van der Waals surface area contributed by atoms with Gasteiger partial charge in [-0.05, 0) is 98.4 Å². The van der Waals surface area contributed by atoms with Crippen LogP contribution in [-0.4, -0.2) is 63.4 Å². The molecule has 2 aromatic rings. The SMILES string of the molecule is C=C(C)CC(CCCCC1CCC(CCc2ccc3cc(CCCCC)ccc3c2)CO1)COC.C=C(C=O)CO.C=O.CO. The van der Waals surface area contributed by atoms with Gasteiger partial charge in [-0.25, -0.2) is 0 Å². The van der Waals surface area contributed by atoms with E-state index in [0.29, 0.717) is 24.2 Å². The fraction of sp³-hybridized carbons (Fsp3) is 0.590. The molecule has 254 valence electrons. The van der Waals surface area contributed by atoms with E-state index in [-0.39, 0.29) is 12.2 Å². The molecular formula is C39H62O6. The van der Waals surface area contributed by atoms with Crippen LogP contribution in [0.4, 0.5) is 0 Å². The lowest BCUT2D eigenvalue weighted by Gasteiger charge is -2.29. The van der Waals surface area contributed by atoms with Crippen LogP contribution >= 0.6 is 0 Å². The number of hydrogen-bond donors (Lipinski definition) is 2. The lowest BCUT2D eigenvalue weighted by molar-refractivity contribution is -0.105. The number of methoxy groups -OCH3 is 1. The average molecular weight is 627 g/mol. The molecule has 3 unspecified atom stereocenters. The van der Waals surface area contributed by atoms with Crippen molar-refractivity contribution in [3.8, 4) is 0 Å². The molecule has 1 aliphatic heterocycles. The molecule has 0 radical (unpaired) electrons. The highest BCUT2D eigenvalue weighted by molar-refractivity contribution is 5.83. The second-order valence-electron chi connectivity index (χ2n) is 12.1. The van der Waals surface area contributed by atoms with Gasteiger partial charge in [0.25, 0.3) is 0 Å². The van der Waals surface area contributed by atoms with Gasteiger partial charge in [0.2, 0.25) is 0 Å². The van der Waals surface area contributed by atoms with Gasteiger partial charge >= 0.3 is 0 Å². The molecule has 3 rings (SSSR count). The molecule has 2 N–H and O–H groups in total. The zero-order chi connectivity index (χ0) is 33.9. The first-order valence-electron chi connectivity index (χ1n) is 16.6. The molecule has 2 aromatic carbocycles. The van der Waals surface area contributed by atoms with Crippen LogP contribution in [0, 0.1) is 11.8 Å². The molecule has 0 aliphatic carbocycles. The summed E-state index contributed by atoms with van der Waals surface area (Å²) in [5.74, 6) is 1.33. The van der Waals surface area contributed by atoms with E-state index in [4.69, 9.17) is 24.5 Å². The van der Waals surface area contributed by atoms with Gasteiger partial charge in [-0.3, -0.25) is 4.79 Å². The fourth-order valence-electron chi connectivity index (χ4n) is 5.74. The highest BCUT2D eigenvalue weighted by atomic mass is 16.5. The van der Waals surface area contributed by atoms with Crippen LogP contribution in [0.1, 0.15) is 95.6 Å². The van der Waals surface area contributed by atoms with Gasteiger partial charge < -0.3 is 24.5 Å². The Bertz CT molecular complexity index is 1060. The number of benzene rings is 2. The van der Waals surface area contributed by atoms with Gasteiger partial charge in [0, 0.05) is 33.0 Å². The number of rotatable bonds is 18. The molecular weight excluding hydrogens is 564 g/mol. The average Bonchev–Trinajstić information content (AvgIpc) is 3.07. The minimum atomic E-state index is -0.233. The van der Waals surface area contributed by atoms with Gasteiger partial charge in [-0.2, -0.15) is 0 Å². The Morgan fingerprint density at radius 2 is 1.62 bits per heavy atom. The molecule has 45 heavy (non-hydrogen) atoms. The Morgan fingerprint density at radius 3 is 2.11 bits per heavy atom. The second kappa shape index (κ2) is 27.7. The largest absolute Gasteiger partial charge is 0.400 e. The van der Waals surface area contributed by atoms with Crippen LogP contribution < -0.4 is 0 Å². The summed E-state index contributed by atoms with van der Waals surface area (Å²) in [5, 5.41) is 17.8. The van der Waals surface area contributed by atoms with Gasteiger partial charge in [0.1, 0.15) is 13.1 Å². The van der Waals surface area contributed by atoms with Crippen molar-refractivity contribution in [3.05, 3.63) is 71.8 Å². The van der Waals surface area contributed by atoms with E-state index < -0.39 is 0 Å². The van der Waals surface area contributed by atoms with E-state index in [1.807, 2.05) is 13.9 Å². The van der Waals surface area contributed by atoms with E-state index >= 15 is 0 Å². The molecule has 1 fully saturated rings. The van der Waals surface area contributed by atoms with Crippen molar-refractivity contribution in [2.45, 2.75) is 103 Å². The molecule has 0 saturated carbocycles. The van der Waals surface area contributed by atoms with E-state index in [0.717, 1.165) is 33.2 Å². The molecule has 0 spiro atoms. The number of carbonyl (C=O) groups excluding carboxylic acids is 2. The number of unbranched alkanes of at least 4 members (excludes halogenated alkanes) is 3. The number of allylic oxidation sites excluding steroid dienone is 1. The number of fused-ring (bicyclic) bond motifs is 1. The van der Waals surface area contributed by atoms with Crippen LogP contribution in [0.15, 0.2) is 60.7 Å².